The second-order valence-electron chi connectivity index (χ2n) is 6.25. The molecule has 0 heterocycles. The van der Waals surface area contributed by atoms with E-state index in [0.717, 1.165) is 23.4 Å². The number of aliphatic imine (C=N–C) groups is 1. The van der Waals surface area contributed by atoms with Crippen LogP contribution in [0.25, 0.3) is 0 Å². The van der Waals surface area contributed by atoms with Crippen molar-refractivity contribution in [1.29, 1.82) is 0 Å². The molecule has 1 fully saturated rings. The Kier molecular flexibility index (Phi) is 10.2. The number of benzene rings is 1. The quantitative estimate of drug-likeness (QED) is 0.387. The molecule has 1 aromatic rings. The number of nitrogens with zero attached hydrogens (tertiary/aromatic N) is 2. The van der Waals surface area contributed by atoms with E-state index in [0.29, 0.717) is 18.5 Å². The van der Waals surface area contributed by atoms with E-state index < -0.39 is 0 Å². The minimum Gasteiger partial charge on any atom is -0.352 e. The minimum absolute atomic E-state index is 0. The van der Waals surface area contributed by atoms with E-state index in [4.69, 9.17) is 11.6 Å². The van der Waals surface area contributed by atoms with Crippen LogP contribution in [0.4, 0.5) is 0 Å². The molecule has 0 aliphatic heterocycles. The van der Waals surface area contributed by atoms with Gasteiger partial charge in [0.2, 0.25) is 5.91 Å². The number of carbonyl (C=O) groups excluding carboxylic acids is 1. The lowest BCUT2D eigenvalue weighted by molar-refractivity contribution is -0.120. The molecule has 0 aromatic heterocycles. The lowest BCUT2D eigenvalue weighted by Gasteiger charge is -2.25. The first kappa shape index (κ1) is 22.0. The van der Waals surface area contributed by atoms with E-state index in [-0.39, 0.29) is 36.4 Å². The molecular formula is C18H28ClIN4O. The molecule has 0 unspecified atom stereocenters. The average Bonchev–Trinajstić information content (AvgIpc) is 2.58. The fourth-order valence-corrected chi connectivity index (χ4v) is 3.22. The minimum atomic E-state index is 0. The molecule has 140 valence electrons. The summed E-state index contributed by atoms with van der Waals surface area (Å²) in [6.45, 7) is 0.861. The summed E-state index contributed by atoms with van der Waals surface area (Å²) in [6.07, 6.45) is 5.88. The molecule has 1 saturated carbocycles. The highest BCUT2D eigenvalue weighted by molar-refractivity contribution is 14.0. The SMILES string of the molecule is CN=C(NCC(=O)NC1CCCCC1)N(C)Cc1ccccc1Cl.I. The monoisotopic (exact) mass is 478 g/mol. The van der Waals surface area contributed by atoms with Crippen LogP contribution in [0, 0.1) is 0 Å². The summed E-state index contributed by atoms with van der Waals surface area (Å²) in [6, 6.07) is 8.06. The average molecular weight is 479 g/mol. The highest BCUT2D eigenvalue weighted by Crippen LogP contribution is 2.17. The molecule has 0 saturated heterocycles. The molecule has 1 aliphatic rings. The van der Waals surface area contributed by atoms with Gasteiger partial charge in [-0.15, -0.1) is 24.0 Å². The van der Waals surface area contributed by atoms with Crippen molar-refractivity contribution in [3.8, 4) is 0 Å². The Morgan fingerprint density at radius 3 is 2.60 bits per heavy atom. The Labute approximate surface area is 172 Å². The highest BCUT2D eigenvalue weighted by Gasteiger charge is 2.16. The third kappa shape index (κ3) is 7.40. The van der Waals surface area contributed by atoms with Crippen LogP contribution in [0.3, 0.4) is 0 Å². The van der Waals surface area contributed by atoms with E-state index >= 15 is 0 Å². The zero-order chi connectivity index (χ0) is 17.4. The van der Waals surface area contributed by atoms with Gasteiger partial charge in [-0.1, -0.05) is 49.1 Å². The molecule has 0 radical (unpaired) electrons. The first-order valence-corrected chi connectivity index (χ1v) is 8.92. The second kappa shape index (κ2) is 11.6. The maximum Gasteiger partial charge on any atom is 0.239 e. The van der Waals surface area contributed by atoms with Gasteiger partial charge in [0, 0.05) is 31.7 Å². The number of nitrogens with one attached hydrogen (secondary N) is 2. The van der Waals surface area contributed by atoms with E-state index in [1.165, 1.54) is 19.3 Å². The first-order valence-electron chi connectivity index (χ1n) is 8.54. The maximum atomic E-state index is 12.1. The summed E-state index contributed by atoms with van der Waals surface area (Å²) in [5.74, 6) is 0.697. The van der Waals surface area contributed by atoms with Crippen LogP contribution >= 0.6 is 35.6 Å². The molecule has 0 atom stereocenters. The number of halogens is 2. The highest BCUT2D eigenvalue weighted by atomic mass is 127. The van der Waals surface area contributed by atoms with Gasteiger partial charge >= 0.3 is 0 Å². The molecule has 0 bridgehead atoms. The summed E-state index contributed by atoms with van der Waals surface area (Å²) in [5, 5.41) is 6.95. The molecule has 25 heavy (non-hydrogen) atoms. The lowest BCUT2D eigenvalue weighted by atomic mass is 9.95. The van der Waals surface area contributed by atoms with E-state index in [1.807, 2.05) is 36.2 Å². The summed E-state index contributed by atoms with van der Waals surface area (Å²) >= 11 is 6.20. The van der Waals surface area contributed by atoms with Crippen LogP contribution in [0.5, 0.6) is 0 Å². The third-order valence-corrected chi connectivity index (χ3v) is 4.68. The van der Waals surface area contributed by atoms with E-state index in [9.17, 15) is 4.79 Å². The molecule has 2 rings (SSSR count). The molecule has 7 heteroatoms. The van der Waals surface area contributed by atoms with Gasteiger partial charge < -0.3 is 15.5 Å². The Hall–Kier alpha value is -1.02. The molecule has 1 aromatic carbocycles. The Morgan fingerprint density at radius 1 is 1.28 bits per heavy atom. The fraction of sp³-hybridized carbons (Fsp3) is 0.556. The van der Waals surface area contributed by atoms with Crippen molar-refractivity contribution < 1.29 is 4.79 Å². The van der Waals surface area contributed by atoms with Gasteiger partial charge in [0.25, 0.3) is 0 Å². The Balaban J connectivity index is 0.00000312. The maximum absolute atomic E-state index is 12.1. The standard InChI is InChI=1S/C18H27ClN4O.HI/c1-20-18(23(2)13-14-8-6-7-11-16(14)19)21-12-17(24)22-15-9-4-3-5-10-15;/h6-8,11,15H,3-5,9-10,12-13H2,1-2H3,(H,20,21)(H,22,24);1H. The fourth-order valence-electron chi connectivity index (χ4n) is 3.03. The van der Waals surface area contributed by atoms with Gasteiger partial charge in [-0.3, -0.25) is 9.79 Å². The van der Waals surface area contributed by atoms with E-state index in [2.05, 4.69) is 15.6 Å². The van der Waals surface area contributed by atoms with Gasteiger partial charge in [0.15, 0.2) is 5.96 Å². The van der Waals surface area contributed by atoms with Crippen molar-refractivity contribution in [3.05, 3.63) is 34.9 Å². The number of amides is 1. The molecule has 0 spiro atoms. The Morgan fingerprint density at radius 2 is 1.96 bits per heavy atom. The van der Waals surface area contributed by atoms with Gasteiger partial charge in [-0.05, 0) is 24.5 Å². The molecule has 5 nitrogen and oxygen atoms in total. The smallest absolute Gasteiger partial charge is 0.239 e. The van der Waals surface area contributed by atoms with E-state index in [1.54, 1.807) is 7.05 Å². The van der Waals surface area contributed by atoms with Crippen LogP contribution in [0.15, 0.2) is 29.3 Å². The van der Waals surface area contributed by atoms with Crippen LogP contribution in [0.1, 0.15) is 37.7 Å². The van der Waals surface area contributed by atoms with Crippen molar-refractivity contribution in [2.75, 3.05) is 20.6 Å². The van der Waals surface area contributed by atoms with Crippen molar-refractivity contribution in [3.63, 3.8) is 0 Å². The number of guanidine groups is 1. The number of hydrogen-bond donors (Lipinski definition) is 2. The van der Waals surface area contributed by atoms with Crippen LogP contribution in [0.2, 0.25) is 5.02 Å². The molecule has 1 aliphatic carbocycles. The lowest BCUT2D eigenvalue weighted by Crippen LogP contribution is -2.46. The second-order valence-corrected chi connectivity index (χ2v) is 6.66. The zero-order valence-electron chi connectivity index (χ0n) is 14.9. The van der Waals surface area contributed by atoms with Gasteiger partial charge in [0.1, 0.15) is 0 Å². The topological polar surface area (TPSA) is 56.7 Å². The Bertz CT molecular complexity index is 576. The largest absolute Gasteiger partial charge is 0.352 e. The number of hydrogen-bond acceptors (Lipinski definition) is 2. The third-order valence-electron chi connectivity index (χ3n) is 4.32. The van der Waals surface area contributed by atoms with Gasteiger partial charge in [0.05, 0.1) is 6.54 Å². The summed E-state index contributed by atoms with van der Waals surface area (Å²) < 4.78 is 0. The summed E-state index contributed by atoms with van der Waals surface area (Å²) in [5.41, 5.74) is 1.02. The zero-order valence-corrected chi connectivity index (χ0v) is 18.0. The van der Waals surface area contributed by atoms with Crippen LogP contribution < -0.4 is 10.6 Å². The first-order chi connectivity index (χ1) is 11.6. The molecule has 1 amide bonds. The van der Waals surface area contributed by atoms with Crippen LogP contribution in [-0.2, 0) is 11.3 Å². The number of carbonyl (C=O) groups is 1. The summed E-state index contributed by atoms with van der Waals surface area (Å²) in [4.78, 5) is 18.3. The predicted octanol–water partition coefficient (Wildman–Crippen LogP) is 3.41. The van der Waals surface area contributed by atoms with Crippen molar-refractivity contribution in [2.24, 2.45) is 4.99 Å². The van der Waals surface area contributed by atoms with Crippen LogP contribution in [-0.4, -0.2) is 43.4 Å². The van der Waals surface area contributed by atoms with Crippen molar-refractivity contribution in [1.82, 2.24) is 15.5 Å². The summed E-state index contributed by atoms with van der Waals surface area (Å²) in [7, 11) is 3.64. The normalized spacial score (nSPS) is 15.2. The molecular weight excluding hydrogens is 451 g/mol. The van der Waals surface area contributed by atoms with Gasteiger partial charge in [-0.25, -0.2) is 0 Å². The van der Waals surface area contributed by atoms with Gasteiger partial charge in [-0.2, -0.15) is 0 Å². The number of rotatable bonds is 5. The van der Waals surface area contributed by atoms with Crippen molar-refractivity contribution >= 4 is 47.4 Å². The predicted molar refractivity (Wildman–Crippen MR) is 115 cm³/mol. The molecule has 2 N–H and O–H groups in total. The van der Waals surface area contributed by atoms with Crippen molar-refractivity contribution in [2.45, 2.75) is 44.7 Å².